The molecule has 3 aromatic rings. The Bertz CT molecular complexity index is 1430. The van der Waals surface area contributed by atoms with Crippen LogP contribution >= 0.6 is 0 Å². The summed E-state index contributed by atoms with van der Waals surface area (Å²) in [5.74, 6) is -7.51. The van der Waals surface area contributed by atoms with Crippen molar-refractivity contribution in [2.24, 2.45) is 17.8 Å². The third-order valence-electron chi connectivity index (χ3n) is 8.22. The molecule has 214 valence electrons. The van der Waals surface area contributed by atoms with E-state index >= 15 is 0 Å². The predicted molar refractivity (Wildman–Crippen MR) is 130 cm³/mol. The largest absolute Gasteiger partial charge is 0.349 e. The van der Waals surface area contributed by atoms with Gasteiger partial charge in [0.25, 0.3) is 11.8 Å². The highest BCUT2D eigenvalue weighted by Gasteiger charge is 2.57. The van der Waals surface area contributed by atoms with Gasteiger partial charge in [-0.3, -0.25) is 9.59 Å². The van der Waals surface area contributed by atoms with Crippen LogP contribution in [0.25, 0.3) is 5.65 Å². The van der Waals surface area contributed by atoms with Crippen LogP contribution < -0.4 is 10.6 Å². The molecule has 3 aliphatic carbocycles. The molecule has 0 saturated heterocycles. The Morgan fingerprint density at radius 1 is 1.07 bits per heavy atom. The number of amides is 2. The highest BCUT2D eigenvalue weighted by atomic mass is 19.3. The standard InChI is InChI=1S/C26H29F4N7O3/c1-13-21(36-40-35-13)24(39)34-23(15-4-6-25(27,28)7-5-15)18-12-37-19(32-18)8-16(11-31-37)22(14-2-3-14)33-20(38)9-17-10-26(17,29)30/h8,11-12,14-15,17,22-23H,2-7,9-10H2,1H3,(H,33,38)(H,34,39)/t17-,22-,23+/m1/s1. The molecule has 14 heteroatoms. The molecule has 2 amide bonds. The first kappa shape index (κ1) is 26.6. The molecule has 3 aromatic heterocycles. The minimum atomic E-state index is -2.76. The van der Waals surface area contributed by atoms with Crippen molar-refractivity contribution in [3.8, 4) is 0 Å². The van der Waals surface area contributed by atoms with Gasteiger partial charge >= 0.3 is 0 Å². The number of carbonyl (C=O) groups is 2. The maximum Gasteiger partial charge on any atom is 0.276 e. The molecule has 0 bridgehead atoms. The Morgan fingerprint density at radius 3 is 2.40 bits per heavy atom. The number of carbonyl (C=O) groups excluding carboxylic acids is 2. The van der Waals surface area contributed by atoms with Crippen molar-refractivity contribution in [3.63, 3.8) is 0 Å². The molecule has 3 atom stereocenters. The van der Waals surface area contributed by atoms with Crippen LogP contribution in [0.1, 0.15) is 90.9 Å². The fraction of sp³-hybridized carbons (Fsp3) is 0.615. The van der Waals surface area contributed by atoms with E-state index in [1.165, 1.54) is 4.52 Å². The van der Waals surface area contributed by atoms with E-state index in [2.05, 4.69) is 35.7 Å². The molecule has 3 saturated carbocycles. The number of nitrogens with one attached hydrogen (secondary N) is 2. The third kappa shape index (κ3) is 5.52. The summed E-state index contributed by atoms with van der Waals surface area (Å²) in [5.41, 5.74) is 1.89. The van der Waals surface area contributed by atoms with Gasteiger partial charge < -0.3 is 10.6 Å². The molecule has 0 unspecified atom stereocenters. The first-order valence-corrected chi connectivity index (χ1v) is 13.5. The zero-order valence-electron chi connectivity index (χ0n) is 21.7. The minimum absolute atomic E-state index is 0.00212. The fourth-order valence-electron chi connectivity index (χ4n) is 5.56. The summed E-state index contributed by atoms with van der Waals surface area (Å²) < 4.78 is 60.6. The number of aryl methyl sites for hydroxylation is 1. The molecule has 3 aliphatic rings. The Balaban J connectivity index is 1.25. The van der Waals surface area contributed by atoms with Gasteiger partial charge in [0.1, 0.15) is 5.69 Å². The van der Waals surface area contributed by atoms with E-state index < -0.39 is 35.6 Å². The summed E-state index contributed by atoms with van der Waals surface area (Å²) in [6.07, 6.45) is 4.35. The summed E-state index contributed by atoms with van der Waals surface area (Å²) in [6.45, 7) is 1.57. The van der Waals surface area contributed by atoms with Crippen molar-refractivity contribution in [3.05, 3.63) is 41.1 Å². The van der Waals surface area contributed by atoms with Crippen LogP contribution in [0.3, 0.4) is 0 Å². The highest BCUT2D eigenvalue weighted by molar-refractivity contribution is 5.93. The molecule has 3 fully saturated rings. The number of fused-ring (bicyclic) bond motifs is 1. The second kappa shape index (κ2) is 9.81. The van der Waals surface area contributed by atoms with Gasteiger partial charge in [-0.05, 0) is 61.2 Å². The Labute approximate surface area is 226 Å². The Hall–Kier alpha value is -3.58. The molecule has 40 heavy (non-hydrogen) atoms. The lowest BCUT2D eigenvalue weighted by Crippen LogP contribution is -2.37. The molecule has 0 radical (unpaired) electrons. The predicted octanol–water partition coefficient (Wildman–Crippen LogP) is 4.33. The maximum absolute atomic E-state index is 13.9. The SMILES string of the molecule is Cc1nonc1C(=O)N[C@H](c1cn2ncc([C@H](NC(=O)C[C@@H]3CC3(F)F)C3CC3)cc2n1)C1CCC(F)(F)CC1. The normalized spacial score (nSPS) is 23.5. The van der Waals surface area contributed by atoms with Crippen LogP contribution in [0, 0.1) is 24.7 Å². The van der Waals surface area contributed by atoms with Crippen LogP contribution in [-0.4, -0.2) is 48.6 Å². The minimum Gasteiger partial charge on any atom is -0.349 e. The van der Waals surface area contributed by atoms with E-state index in [1.807, 2.05) is 0 Å². The quantitative estimate of drug-likeness (QED) is 0.371. The van der Waals surface area contributed by atoms with Gasteiger partial charge in [0, 0.05) is 31.6 Å². The number of alkyl halides is 4. The molecule has 0 aromatic carbocycles. The monoisotopic (exact) mass is 563 g/mol. The number of aromatic nitrogens is 5. The van der Waals surface area contributed by atoms with E-state index in [9.17, 15) is 27.2 Å². The maximum atomic E-state index is 13.9. The van der Waals surface area contributed by atoms with Gasteiger partial charge in [-0.25, -0.2) is 31.7 Å². The molecule has 0 spiro atoms. The first-order valence-electron chi connectivity index (χ1n) is 13.5. The van der Waals surface area contributed by atoms with E-state index in [0.29, 0.717) is 22.6 Å². The summed E-state index contributed by atoms with van der Waals surface area (Å²) in [6, 6.07) is 0.700. The lowest BCUT2D eigenvalue weighted by atomic mass is 9.81. The van der Waals surface area contributed by atoms with Gasteiger partial charge in [0.15, 0.2) is 11.3 Å². The molecule has 0 aliphatic heterocycles. The van der Waals surface area contributed by atoms with E-state index in [-0.39, 0.29) is 62.1 Å². The van der Waals surface area contributed by atoms with E-state index in [0.717, 1.165) is 12.8 Å². The van der Waals surface area contributed by atoms with Gasteiger partial charge in [-0.2, -0.15) is 5.10 Å². The Morgan fingerprint density at radius 2 is 1.77 bits per heavy atom. The zero-order valence-corrected chi connectivity index (χ0v) is 21.7. The molecule has 10 nitrogen and oxygen atoms in total. The van der Waals surface area contributed by atoms with E-state index in [1.54, 1.807) is 25.4 Å². The number of imidazole rings is 1. The molecule has 3 heterocycles. The van der Waals surface area contributed by atoms with Gasteiger partial charge in [0.05, 0.1) is 30.2 Å². The van der Waals surface area contributed by atoms with Crippen LogP contribution in [0.2, 0.25) is 0 Å². The van der Waals surface area contributed by atoms with Crippen molar-refractivity contribution in [1.82, 2.24) is 35.5 Å². The summed E-state index contributed by atoms with van der Waals surface area (Å²) in [4.78, 5) is 30.2. The number of rotatable bonds is 9. The average Bonchev–Trinajstić information content (AvgIpc) is 3.72. The zero-order chi connectivity index (χ0) is 28.2. The first-order chi connectivity index (χ1) is 19.0. The molecular weight excluding hydrogens is 534 g/mol. The number of halogens is 4. The summed E-state index contributed by atoms with van der Waals surface area (Å²) in [5, 5.41) is 17.5. The number of nitrogens with zero attached hydrogens (tertiary/aromatic N) is 5. The van der Waals surface area contributed by atoms with Crippen molar-refractivity contribution >= 4 is 17.5 Å². The fourth-order valence-corrected chi connectivity index (χ4v) is 5.56. The highest BCUT2D eigenvalue weighted by Crippen LogP contribution is 2.51. The van der Waals surface area contributed by atoms with Crippen LogP contribution in [-0.2, 0) is 4.79 Å². The number of hydrogen-bond donors (Lipinski definition) is 2. The molecular formula is C26H29F4N7O3. The Kier molecular flexibility index (Phi) is 6.53. The topological polar surface area (TPSA) is 127 Å². The summed E-state index contributed by atoms with van der Waals surface area (Å²) >= 11 is 0. The van der Waals surface area contributed by atoms with Crippen molar-refractivity contribution < 1.29 is 31.8 Å². The van der Waals surface area contributed by atoms with Crippen molar-refractivity contribution in [1.29, 1.82) is 0 Å². The van der Waals surface area contributed by atoms with Crippen LogP contribution in [0.5, 0.6) is 0 Å². The van der Waals surface area contributed by atoms with Gasteiger partial charge in [0.2, 0.25) is 11.8 Å². The smallest absolute Gasteiger partial charge is 0.276 e. The average molecular weight is 564 g/mol. The van der Waals surface area contributed by atoms with Crippen LogP contribution in [0.4, 0.5) is 17.6 Å². The van der Waals surface area contributed by atoms with Crippen LogP contribution in [0.15, 0.2) is 23.1 Å². The molecule has 6 rings (SSSR count). The second-order valence-corrected chi connectivity index (χ2v) is 11.3. The molecule has 2 N–H and O–H groups in total. The van der Waals surface area contributed by atoms with Crippen molar-refractivity contribution in [2.45, 2.75) is 82.2 Å². The summed E-state index contributed by atoms with van der Waals surface area (Å²) in [7, 11) is 0. The number of hydrogen-bond acceptors (Lipinski definition) is 7. The van der Waals surface area contributed by atoms with E-state index in [4.69, 9.17) is 0 Å². The second-order valence-electron chi connectivity index (χ2n) is 11.3. The third-order valence-corrected chi connectivity index (χ3v) is 8.22. The lowest BCUT2D eigenvalue weighted by molar-refractivity contribution is -0.123. The van der Waals surface area contributed by atoms with Crippen molar-refractivity contribution in [2.75, 3.05) is 0 Å². The van der Waals surface area contributed by atoms with Gasteiger partial charge in [-0.1, -0.05) is 5.16 Å². The lowest BCUT2D eigenvalue weighted by Gasteiger charge is -2.33. The van der Waals surface area contributed by atoms with Gasteiger partial charge in [-0.15, -0.1) is 0 Å².